The number of nitrogens with one attached hydrogen (secondary N) is 2. The number of hydrogen-bond donors (Lipinski definition) is 2. The highest BCUT2D eigenvalue weighted by molar-refractivity contribution is 5.95. The first-order valence-corrected chi connectivity index (χ1v) is 11.6. The summed E-state index contributed by atoms with van der Waals surface area (Å²) < 4.78 is 7.91. The zero-order chi connectivity index (χ0) is 20.6. The van der Waals surface area contributed by atoms with E-state index >= 15 is 0 Å². The fourth-order valence-electron chi connectivity index (χ4n) is 5.23. The van der Waals surface area contributed by atoms with Crippen LogP contribution in [-0.2, 0) is 11.3 Å². The van der Waals surface area contributed by atoms with Crippen LogP contribution in [0.4, 0.5) is 0 Å². The fraction of sp³-hybridized carbons (Fsp3) is 0.440. The minimum Gasteiger partial charge on any atom is -0.381 e. The maximum atomic E-state index is 5.54. The molecule has 2 fully saturated rings. The molecule has 0 atom stereocenters. The zero-order valence-electron chi connectivity index (χ0n) is 17.8. The van der Waals surface area contributed by atoms with Crippen LogP contribution in [0.3, 0.4) is 0 Å². The topological polar surface area (TPSA) is 67.8 Å². The molecule has 2 aliphatic rings. The summed E-state index contributed by atoms with van der Waals surface area (Å²) in [5, 5.41) is 4.65. The van der Waals surface area contributed by atoms with Gasteiger partial charge in [0.2, 0.25) is 0 Å². The minimum absolute atomic E-state index is 0.584. The quantitative estimate of drug-likeness (QED) is 0.516. The van der Waals surface area contributed by atoms with Crippen LogP contribution >= 0.6 is 0 Å². The van der Waals surface area contributed by atoms with E-state index in [1.54, 1.807) is 0 Å². The molecule has 6 heteroatoms. The maximum absolute atomic E-state index is 5.54. The summed E-state index contributed by atoms with van der Waals surface area (Å²) in [6.07, 6.45) is 10.7. The van der Waals surface area contributed by atoms with Crippen LogP contribution in [0.5, 0.6) is 0 Å². The van der Waals surface area contributed by atoms with Gasteiger partial charge in [0.05, 0.1) is 11.0 Å². The lowest BCUT2D eigenvalue weighted by Gasteiger charge is -2.22. The van der Waals surface area contributed by atoms with Gasteiger partial charge < -0.3 is 19.6 Å². The molecule has 31 heavy (non-hydrogen) atoms. The molecule has 2 aliphatic heterocycles. The molecule has 4 aromatic rings. The van der Waals surface area contributed by atoms with Gasteiger partial charge in [-0.1, -0.05) is 0 Å². The van der Waals surface area contributed by atoms with Crippen LogP contribution in [0.25, 0.3) is 33.2 Å². The zero-order valence-corrected chi connectivity index (χ0v) is 17.8. The lowest BCUT2D eigenvalue weighted by atomic mass is 9.94. The molecule has 160 valence electrons. The second-order valence-electron chi connectivity index (χ2n) is 9.02. The molecule has 6 heterocycles. The number of ether oxygens (including phenoxy) is 1. The monoisotopic (exact) mass is 415 g/mol. The molecule has 2 saturated heterocycles. The Balaban J connectivity index is 1.37. The van der Waals surface area contributed by atoms with Gasteiger partial charge in [0.1, 0.15) is 5.65 Å². The van der Waals surface area contributed by atoms with Crippen molar-refractivity contribution in [2.45, 2.75) is 38.1 Å². The van der Waals surface area contributed by atoms with E-state index in [2.05, 4.69) is 50.3 Å². The predicted molar refractivity (Wildman–Crippen MR) is 123 cm³/mol. The number of aromatic nitrogens is 4. The third kappa shape index (κ3) is 3.64. The predicted octanol–water partition coefficient (Wildman–Crippen LogP) is 4.47. The van der Waals surface area contributed by atoms with Gasteiger partial charge in [-0.2, -0.15) is 0 Å². The van der Waals surface area contributed by atoms with E-state index in [0.29, 0.717) is 11.8 Å². The van der Waals surface area contributed by atoms with Crippen molar-refractivity contribution in [3.05, 3.63) is 48.5 Å². The van der Waals surface area contributed by atoms with Crippen LogP contribution in [0.1, 0.15) is 37.3 Å². The number of piperidine rings is 1. The summed E-state index contributed by atoms with van der Waals surface area (Å²) >= 11 is 0. The Bertz CT molecular complexity index is 1200. The van der Waals surface area contributed by atoms with E-state index in [-0.39, 0.29) is 0 Å². The van der Waals surface area contributed by atoms with Crippen molar-refractivity contribution in [2.24, 2.45) is 5.92 Å². The van der Waals surface area contributed by atoms with Crippen molar-refractivity contribution >= 4 is 22.1 Å². The first-order valence-electron chi connectivity index (χ1n) is 11.6. The Morgan fingerprint density at radius 1 is 1.03 bits per heavy atom. The van der Waals surface area contributed by atoms with Crippen LogP contribution in [-0.4, -0.2) is 45.8 Å². The second-order valence-corrected chi connectivity index (χ2v) is 9.02. The average molecular weight is 416 g/mol. The molecule has 0 spiro atoms. The minimum atomic E-state index is 0.584. The number of rotatable bonds is 4. The molecule has 6 rings (SSSR count). The van der Waals surface area contributed by atoms with Crippen LogP contribution in [0.15, 0.2) is 42.9 Å². The van der Waals surface area contributed by atoms with Gasteiger partial charge in [-0.15, -0.1) is 0 Å². The standard InChI is InChI=1S/C25H29N5O/c1-7-26-8-2-18(1)23-14-21-20(3-9-27-25(21)29-23)19-13-24-22(28-15-19)4-10-30(24)16-17-5-11-31-12-6-17/h3-4,9-10,13-15,17-18,26H,1-2,5-8,11-12,16H2,(H,27,29). The molecule has 2 N–H and O–H groups in total. The van der Waals surface area contributed by atoms with Gasteiger partial charge in [-0.3, -0.25) is 4.98 Å². The largest absolute Gasteiger partial charge is 0.381 e. The molecule has 0 aliphatic carbocycles. The Morgan fingerprint density at radius 2 is 1.90 bits per heavy atom. The van der Waals surface area contributed by atoms with Gasteiger partial charge in [0.25, 0.3) is 0 Å². The highest BCUT2D eigenvalue weighted by atomic mass is 16.5. The molecule has 0 aromatic carbocycles. The van der Waals surface area contributed by atoms with Crippen LogP contribution in [0, 0.1) is 5.92 Å². The van der Waals surface area contributed by atoms with Gasteiger partial charge in [-0.25, -0.2) is 4.98 Å². The van der Waals surface area contributed by atoms with E-state index in [1.807, 2.05) is 12.4 Å². The SMILES string of the molecule is c1cc(-c2cnc3ccn(CC4CCOCC4)c3c2)c2cc(C3CCNCC3)[nH]c2n1. The Kier molecular flexibility index (Phi) is 4.97. The lowest BCUT2D eigenvalue weighted by molar-refractivity contribution is 0.0616. The summed E-state index contributed by atoms with van der Waals surface area (Å²) in [5.74, 6) is 1.26. The van der Waals surface area contributed by atoms with Crippen molar-refractivity contribution in [1.82, 2.24) is 24.8 Å². The lowest BCUT2D eigenvalue weighted by Crippen LogP contribution is -2.26. The number of hydrogen-bond acceptors (Lipinski definition) is 4. The van der Waals surface area contributed by atoms with E-state index in [4.69, 9.17) is 9.72 Å². The third-order valence-corrected chi connectivity index (χ3v) is 7.06. The van der Waals surface area contributed by atoms with Gasteiger partial charge in [-0.05, 0) is 74.5 Å². The molecule has 0 amide bonds. The summed E-state index contributed by atoms with van der Waals surface area (Å²) in [7, 11) is 0. The molecule has 0 bridgehead atoms. The average Bonchev–Trinajstić information content (AvgIpc) is 3.44. The van der Waals surface area contributed by atoms with Crippen molar-refractivity contribution < 1.29 is 4.74 Å². The van der Waals surface area contributed by atoms with E-state index in [1.165, 1.54) is 35.0 Å². The van der Waals surface area contributed by atoms with Crippen molar-refractivity contribution in [1.29, 1.82) is 0 Å². The van der Waals surface area contributed by atoms with Crippen molar-refractivity contribution in [3.8, 4) is 11.1 Å². The van der Waals surface area contributed by atoms with E-state index in [9.17, 15) is 0 Å². The second kappa shape index (κ2) is 8.09. The number of pyridine rings is 2. The molecular weight excluding hydrogens is 386 g/mol. The van der Waals surface area contributed by atoms with Crippen molar-refractivity contribution in [2.75, 3.05) is 26.3 Å². The van der Waals surface area contributed by atoms with Crippen LogP contribution < -0.4 is 5.32 Å². The first-order chi connectivity index (χ1) is 15.3. The molecule has 0 radical (unpaired) electrons. The number of nitrogens with zero attached hydrogens (tertiary/aromatic N) is 3. The highest BCUT2D eigenvalue weighted by Crippen LogP contribution is 2.33. The summed E-state index contributed by atoms with van der Waals surface area (Å²) in [5.41, 5.74) is 6.92. The summed E-state index contributed by atoms with van der Waals surface area (Å²) in [4.78, 5) is 13.0. The molecule has 6 nitrogen and oxygen atoms in total. The Hall–Kier alpha value is -2.70. The van der Waals surface area contributed by atoms with Gasteiger partial charge in [0, 0.05) is 60.9 Å². The van der Waals surface area contributed by atoms with Crippen LogP contribution in [0.2, 0.25) is 0 Å². The maximum Gasteiger partial charge on any atom is 0.138 e. The number of fused-ring (bicyclic) bond motifs is 2. The smallest absolute Gasteiger partial charge is 0.138 e. The normalized spacial score (nSPS) is 18.8. The number of H-pyrrole nitrogens is 1. The number of aromatic amines is 1. The third-order valence-electron chi connectivity index (χ3n) is 7.06. The van der Waals surface area contributed by atoms with Crippen molar-refractivity contribution in [3.63, 3.8) is 0 Å². The summed E-state index contributed by atoms with van der Waals surface area (Å²) in [6, 6.07) is 8.87. The van der Waals surface area contributed by atoms with E-state index < -0.39 is 0 Å². The van der Waals surface area contributed by atoms with Gasteiger partial charge >= 0.3 is 0 Å². The first kappa shape index (κ1) is 19.0. The Morgan fingerprint density at radius 3 is 2.77 bits per heavy atom. The fourth-order valence-corrected chi connectivity index (χ4v) is 5.23. The molecule has 0 saturated carbocycles. The molecule has 0 unspecified atom stereocenters. The summed E-state index contributed by atoms with van der Waals surface area (Å²) in [6.45, 7) is 4.98. The highest BCUT2D eigenvalue weighted by Gasteiger charge is 2.19. The van der Waals surface area contributed by atoms with Gasteiger partial charge in [0.15, 0.2) is 0 Å². The van der Waals surface area contributed by atoms with E-state index in [0.717, 1.165) is 62.4 Å². The molecule has 4 aromatic heterocycles. The Labute approximate surface area is 182 Å². The molecular formula is C25H29N5O.